The van der Waals surface area contributed by atoms with Crippen molar-refractivity contribution in [3.8, 4) is 0 Å². The highest BCUT2D eigenvalue weighted by molar-refractivity contribution is 5.88. The standard InChI is InChI=1S/C14H24N2O/c1-11-4-5-12(8-11)9-16-10-15-14(13(16)17)6-2-3-7-14/h11-12,15H,2-10H2,1H3. The number of rotatable bonds is 2. The Kier molecular flexibility index (Phi) is 2.89. The second-order valence-corrected chi connectivity index (χ2v) is 6.44. The van der Waals surface area contributed by atoms with Crippen LogP contribution in [0.3, 0.4) is 0 Å². The quantitative estimate of drug-likeness (QED) is 0.796. The van der Waals surface area contributed by atoms with Gasteiger partial charge in [-0.25, -0.2) is 0 Å². The first kappa shape index (κ1) is 11.5. The van der Waals surface area contributed by atoms with Crippen molar-refractivity contribution in [2.45, 2.75) is 57.4 Å². The van der Waals surface area contributed by atoms with Gasteiger partial charge in [0.2, 0.25) is 5.91 Å². The molecule has 1 spiro atoms. The van der Waals surface area contributed by atoms with Crippen molar-refractivity contribution in [1.82, 2.24) is 10.2 Å². The first-order chi connectivity index (χ1) is 8.20. The minimum absolute atomic E-state index is 0.149. The van der Waals surface area contributed by atoms with E-state index in [1.54, 1.807) is 0 Å². The van der Waals surface area contributed by atoms with Gasteiger partial charge in [0, 0.05) is 6.54 Å². The summed E-state index contributed by atoms with van der Waals surface area (Å²) >= 11 is 0. The summed E-state index contributed by atoms with van der Waals surface area (Å²) in [5.74, 6) is 2.02. The minimum atomic E-state index is -0.149. The number of nitrogens with zero attached hydrogens (tertiary/aromatic N) is 1. The lowest BCUT2D eigenvalue weighted by Gasteiger charge is -2.23. The summed E-state index contributed by atoms with van der Waals surface area (Å²) in [5.41, 5.74) is -0.149. The van der Waals surface area contributed by atoms with Crippen LogP contribution in [0.5, 0.6) is 0 Å². The van der Waals surface area contributed by atoms with Gasteiger partial charge >= 0.3 is 0 Å². The normalized spacial score (nSPS) is 36.3. The van der Waals surface area contributed by atoms with E-state index < -0.39 is 0 Å². The van der Waals surface area contributed by atoms with Gasteiger partial charge in [0.25, 0.3) is 0 Å². The summed E-state index contributed by atoms with van der Waals surface area (Å²) in [6.07, 6.45) is 8.53. The number of carbonyl (C=O) groups is 1. The lowest BCUT2D eigenvalue weighted by molar-refractivity contribution is -0.132. The van der Waals surface area contributed by atoms with Crippen molar-refractivity contribution in [2.75, 3.05) is 13.2 Å². The molecule has 3 aliphatic rings. The molecule has 1 N–H and O–H groups in total. The molecule has 96 valence electrons. The second kappa shape index (κ2) is 4.27. The number of carbonyl (C=O) groups excluding carboxylic acids is 1. The van der Waals surface area contributed by atoms with E-state index in [-0.39, 0.29) is 5.54 Å². The third-order valence-electron chi connectivity index (χ3n) is 5.04. The molecule has 1 heterocycles. The average molecular weight is 236 g/mol. The monoisotopic (exact) mass is 236 g/mol. The van der Waals surface area contributed by atoms with Crippen molar-refractivity contribution in [3.63, 3.8) is 0 Å². The zero-order valence-corrected chi connectivity index (χ0v) is 10.9. The maximum Gasteiger partial charge on any atom is 0.243 e. The molecule has 0 bridgehead atoms. The van der Waals surface area contributed by atoms with E-state index in [4.69, 9.17) is 0 Å². The molecule has 3 fully saturated rings. The van der Waals surface area contributed by atoms with Gasteiger partial charge in [-0.05, 0) is 37.5 Å². The number of hydrogen-bond acceptors (Lipinski definition) is 2. The van der Waals surface area contributed by atoms with E-state index in [1.165, 1.54) is 32.1 Å². The first-order valence-corrected chi connectivity index (χ1v) is 7.24. The van der Waals surface area contributed by atoms with Crippen molar-refractivity contribution in [2.24, 2.45) is 11.8 Å². The van der Waals surface area contributed by atoms with Crippen LogP contribution in [-0.2, 0) is 4.79 Å². The molecular weight excluding hydrogens is 212 g/mol. The molecule has 3 rings (SSSR count). The van der Waals surface area contributed by atoms with Crippen LogP contribution in [0.25, 0.3) is 0 Å². The van der Waals surface area contributed by atoms with Gasteiger partial charge < -0.3 is 4.90 Å². The van der Waals surface area contributed by atoms with Gasteiger partial charge in [0.1, 0.15) is 0 Å². The summed E-state index contributed by atoms with van der Waals surface area (Å²) in [7, 11) is 0. The van der Waals surface area contributed by atoms with Gasteiger partial charge in [-0.2, -0.15) is 0 Å². The van der Waals surface area contributed by atoms with Crippen molar-refractivity contribution in [1.29, 1.82) is 0 Å². The zero-order valence-electron chi connectivity index (χ0n) is 10.9. The van der Waals surface area contributed by atoms with Crippen LogP contribution in [0.15, 0.2) is 0 Å². The maximum absolute atomic E-state index is 12.5. The lowest BCUT2D eigenvalue weighted by Crippen LogP contribution is -2.44. The molecule has 1 saturated heterocycles. The molecule has 2 atom stereocenters. The lowest BCUT2D eigenvalue weighted by atomic mass is 9.97. The van der Waals surface area contributed by atoms with Gasteiger partial charge in [-0.15, -0.1) is 0 Å². The third-order valence-corrected chi connectivity index (χ3v) is 5.04. The number of amides is 1. The average Bonchev–Trinajstić information content (AvgIpc) is 2.99. The van der Waals surface area contributed by atoms with Crippen LogP contribution < -0.4 is 5.32 Å². The molecule has 17 heavy (non-hydrogen) atoms. The number of hydrogen-bond donors (Lipinski definition) is 1. The van der Waals surface area contributed by atoms with Crippen LogP contribution in [-0.4, -0.2) is 29.6 Å². The van der Waals surface area contributed by atoms with Crippen molar-refractivity contribution < 1.29 is 4.79 Å². The summed E-state index contributed by atoms with van der Waals surface area (Å²) in [6, 6.07) is 0. The fourth-order valence-electron chi connectivity index (χ4n) is 4.02. The molecule has 2 aliphatic carbocycles. The van der Waals surface area contributed by atoms with Crippen LogP contribution in [0.4, 0.5) is 0 Å². The highest BCUT2D eigenvalue weighted by Gasteiger charge is 2.48. The molecule has 2 unspecified atom stereocenters. The predicted molar refractivity (Wildman–Crippen MR) is 67.4 cm³/mol. The maximum atomic E-state index is 12.5. The Labute approximate surface area is 104 Å². The Balaban J connectivity index is 1.60. The molecule has 0 radical (unpaired) electrons. The van der Waals surface area contributed by atoms with E-state index in [9.17, 15) is 4.79 Å². The van der Waals surface area contributed by atoms with Gasteiger partial charge in [0.15, 0.2) is 0 Å². The molecule has 1 amide bonds. The first-order valence-electron chi connectivity index (χ1n) is 7.24. The molecule has 3 nitrogen and oxygen atoms in total. The van der Waals surface area contributed by atoms with Crippen molar-refractivity contribution in [3.05, 3.63) is 0 Å². The van der Waals surface area contributed by atoms with E-state index in [2.05, 4.69) is 17.1 Å². The topological polar surface area (TPSA) is 32.3 Å². The molecule has 0 aromatic heterocycles. The van der Waals surface area contributed by atoms with Crippen LogP contribution in [0.2, 0.25) is 0 Å². The van der Waals surface area contributed by atoms with E-state index in [0.717, 1.165) is 37.9 Å². The Morgan fingerprint density at radius 3 is 2.76 bits per heavy atom. The molecular formula is C14H24N2O. The molecule has 0 aromatic rings. The fraction of sp³-hybridized carbons (Fsp3) is 0.929. The molecule has 0 aromatic carbocycles. The summed E-state index contributed by atoms with van der Waals surface area (Å²) in [6.45, 7) is 4.13. The van der Waals surface area contributed by atoms with E-state index in [1.807, 2.05) is 0 Å². The summed E-state index contributed by atoms with van der Waals surface area (Å²) in [4.78, 5) is 14.6. The van der Waals surface area contributed by atoms with Crippen LogP contribution in [0.1, 0.15) is 51.9 Å². The number of nitrogens with one attached hydrogen (secondary N) is 1. The fourth-order valence-corrected chi connectivity index (χ4v) is 4.02. The third kappa shape index (κ3) is 1.99. The summed E-state index contributed by atoms with van der Waals surface area (Å²) < 4.78 is 0. The van der Waals surface area contributed by atoms with E-state index >= 15 is 0 Å². The van der Waals surface area contributed by atoms with Gasteiger partial charge in [0.05, 0.1) is 12.2 Å². The van der Waals surface area contributed by atoms with Crippen LogP contribution >= 0.6 is 0 Å². The second-order valence-electron chi connectivity index (χ2n) is 6.44. The highest BCUT2D eigenvalue weighted by Crippen LogP contribution is 2.36. The van der Waals surface area contributed by atoms with Crippen LogP contribution in [0, 0.1) is 11.8 Å². The van der Waals surface area contributed by atoms with E-state index in [0.29, 0.717) is 5.91 Å². The smallest absolute Gasteiger partial charge is 0.243 e. The Hall–Kier alpha value is -0.570. The SMILES string of the molecule is CC1CCC(CN2CNC3(CCCC3)C2=O)C1. The largest absolute Gasteiger partial charge is 0.328 e. The molecule has 1 aliphatic heterocycles. The Bertz CT molecular complexity index is 309. The predicted octanol–water partition coefficient (Wildman–Crippen LogP) is 2.12. The zero-order chi connectivity index (χ0) is 11.9. The molecule has 3 heteroatoms. The van der Waals surface area contributed by atoms with Gasteiger partial charge in [-0.3, -0.25) is 10.1 Å². The summed E-state index contributed by atoms with van der Waals surface area (Å²) in [5, 5.41) is 3.49. The Morgan fingerprint density at radius 2 is 2.12 bits per heavy atom. The van der Waals surface area contributed by atoms with Crippen molar-refractivity contribution >= 4 is 5.91 Å². The minimum Gasteiger partial charge on any atom is -0.328 e. The van der Waals surface area contributed by atoms with Gasteiger partial charge in [-0.1, -0.05) is 26.2 Å². The highest BCUT2D eigenvalue weighted by atomic mass is 16.2. The molecule has 2 saturated carbocycles. The Morgan fingerprint density at radius 1 is 1.35 bits per heavy atom.